The van der Waals surface area contributed by atoms with Gasteiger partial charge in [0.2, 0.25) is 0 Å². The molecule has 0 atom stereocenters. The molecule has 0 N–H and O–H groups in total. The first kappa shape index (κ1) is 14.6. The van der Waals surface area contributed by atoms with Crippen molar-refractivity contribution in [3.8, 4) is 0 Å². The Morgan fingerprint density at radius 1 is 1.22 bits per heavy atom. The fourth-order valence-electron chi connectivity index (χ4n) is 2.03. The minimum atomic E-state index is 0.872. The maximum atomic E-state index is 4.20. The number of unbranched alkanes of at least 4 members (excludes halogenated alkanes) is 2. The van der Waals surface area contributed by atoms with E-state index < -0.39 is 0 Å². The molecule has 1 aromatic carbocycles. The Morgan fingerprint density at radius 2 is 1.94 bits per heavy atom. The van der Waals surface area contributed by atoms with Crippen LogP contribution in [-0.4, -0.2) is 13.1 Å². The maximum absolute atomic E-state index is 4.20. The van der Waals surface area contributed by atoms with Gasteiger partial charge in [-0.25, -0.2) is 0 Å². The highest BCUT2D eigenvalue weighted by Crippen LogP contribution is 2.16. The van der Waals surface area contributed by atoms with Crippen LogP contribution in [0.15, 0.2) is 55.1 Å². The first-order valence-electron chi connectivity index (χ1n) is 6.85. The van der Waals surface area contributed by atoms with Crippen molar-refractivity contribution in [2.24, 2.45) is 0 Å². The molecule has 0 saturated carbocycles. The van der Waals surface area contributed by atoms with E-state index in [0.29, 0.717) is 0 Å². The van der Waals surface area contributed by atoms with Crippen molar-refractivity contribution >= 4 is 5.69 Å². The molecule has 0 saturated heterocycles. The summed E-state index contributed by atoms with van der Waals surface area (Å²) in [5.41, 5.74) is 2.56. The van der Waals surface area contributed by atoms with Gasteiger partial charge in [-0.3, -0.25) is 0 Å². The summed E-state index contributed by atoms with van der Waals surface area (Å²) in [6.45, 7) is 12.1. The van der Waals surface area contributed by atoms with Gasteiger partial charge in [0.15, 0.2) is 0 Å². The van der Waals surface area contributed by atoms with Crippen molar-refractivity contribution < 1.29 is 0 Å². The molecule has 0 radical (unpaired) electrons. The summed E-state index contributed by atoms with van der Waals surface area (Å²) in [5, 5.41) is 0. The molecule has 0 fully saturated rings. The van der Waals surface area contributed by atoms with Gasteiger partial charge in [0.1, 0.15) is 0 Å². The van der Waals surface area contributed by atoms with Crippen LogP contribution < -0.4 is 4.90 Å². The third-order valence-electron chi connectivity index (χ3n) is 3.02. The molecular formula is C17H25N. The van der Waals surface area contributed by atoms with Crippen LogP contribution in [0.2, 0.25) is 0 Å². The monoisotopic (exact) mass is 243 g/mol. The fourth-order valence-corrected chi connectivity index (χ4v) is 2.03. The van der Waals surface area contributed by atoms with Gasteiger partial charge in [0.05, 0.1) is 0 Å². The van der Waals surface area contributed by atoms with E-state index in [4.69, 9.17) is 0 Å². The number of benzene rings is 1. The Balaban J connectivity index is 2.53. The summed E-state index contributed by atoms with van der Waals surface area (Å²) in [5.74, 6) is 0. The minimum absolute atomic E-state index is 0.872. The Hall–Kier alpha value is -1.50. The topological polar surface area (TPSA) is 3.24 Å². The summed E-state index contributed by atoms with van der Waals surface area (Å²) in [6.07, 6.45) is 6.90. The van der Waals surface area contributed by atoms with Crippen LogP contribution in [0.4, 0.5) is 5.69 Å². The Morgan fingerprint density at radius 3 is 2.56 bits per heavy atom. The molecule has 0 bridgehead atoms. The smallest absolute Gasteiger partial charge is 0.0389 e. The lowest BCUT2D eigenvalue weighted by Crippen LogP contribution is -2.25. The average molecular weight is 243 g/mol. The molecule has 0 aliphatic carbocycles. The van der Waals surface area contributed by atoms with Gasteiger partial charge in [0, 0.05) is 18.8 Å². The van der Waals surface area contributed by atoms with Crippen molar-refractivity contribution in [1.82, 2.24) is 0 Å². The van der Waals surface area contributed by atoms with Crippen LogP contribution in [0.3, 0.4) is 0 Å². The molecule has 1 nitrogen and oxygen atoms in total. The Kier molecular flexibility index (Phi) is 6.93. The normalized spacial score (nSPS) is 10.1. The van der Waals surface area contributed by atoms with Gasteiger partial charge in [-0.15, -0.1) is 6.58 Å². The molecule has 0 heterocycles. The summed E-state index contributed by atoms with van der Waals surface area (Å²) in [7, 11) is 0. The second-order valence-electron chi connectivity index (χ2n) is 4.71. The molecule has 98 valence electrons. The van der Waals surface area contributed by atoms with E-state index in [-0.39, 0.29) is 0 Å². The second-order valence-corrected chi connectivity index (χ2v) is 4.71. The van der Waals surface area contributed by atoms with E-state index in [1.807, 2.05) is 12.1 Å². The van der Waals surface area contributed by atoms with E-state index in [9.17, 15) is 0 Å². The number of rotatable bonds is 9. The van der Waals surface area contributed by atoms with E-state index >= 15 is 0 Å². The maximum Gasteiger partial charge on any atom is 0.0389 e. The Labute approximate surface area is 112 Å². The van der Waals surface area contributed by atoms with E-state index in [0.717, 1.165) is 19.5 Å². The van der Waals surface area contributed by atoms with Crippen LogP contribution in [0.1, 0.15) is 32.6 Å². The van der Waals surface area contributed by atoms with Crippen molar-refractivity contribution in [3.05, 3.63) is 55.1 Å². The molecular weight excluding hydrogens is 218 g/mol. The van der Waals surface area contributed by atoms with Crippen molar-refractivity contribution in [2.45, 2.75) is 32.6 Å². The van der Waals surface area contributed by atoms with E-state index in [1.165, 1.54) is 30.5 Å². The predicted octanol–water partition coefficient (Wildman–Crippen LogP) is 4.82. The molecule has 18 heavy (non-hydrogen) atoms. The summed E-state index contributed by atoms with van der Waals surface area (Å²) in [6, 6.07) is 10.5. The SMILES string of the molecule is C=CCN(CC(=C)CCCCC)c1ccccc1. The third-order valence-corrected chi connectivity index (χ3v) is 3.02. The first-order valence-corrected chi connectivity index (χ1v) is 6.85. The molecule has 1 rings (SSSR count). The van der Waals surface area contributed by atoms with Crippen LogP contribution >= 0.6 is 0 Å². The number of nitrogens with zero attached hydrogens (tertiary/aromatic N) is 1. The van der Waals surface area contributed by atoms with E-state index in [2.05, 4.69) is 49.2 Å². The molecule has 1 heteroatoms. The molecule has 1 aromatic rings. The second kappa shape index (κ2) is 8.57. The number of hydrogen-bond acceptors (Lipinski definition) is 1. The highest BCUT2D eigenvalue weighted by molar-refractivity contribution is 5.47. The number of para-hydroxylation sites is 1. The molecule has 0 spiro atoms. The minimum Gasteiger partial charge on any atom is -0.364 e. The van der Waals surface area contributed by atoms with Gasteiger partial charge in [-0.1, -0.05) is 56.2 Å². The zero-order valence-electron chi connectivity index (χ0n) is 11.6. The van der Waals surface area contributed by atoms with Crippen LogP contribution in [-0.2, 0) is 0 Å². The molecule has 0 aliphatic rings. The lowest BCUT2D eigenvalue weighted by atomic mass is 10.1. The summed E-state index contributed by atoms with van der Waals surface area (Å²) in [4.78, 5) is 2.32. The standard InChI is InChI=1S/C17H25N/c1-4-6-8-11-16(3)15-18(14-5-2)17-12-9-7-10-13-17/h5,7,9-10,12-13H,2-4,6,8,11,14-15H2,1H3. The van der Waals surface area contributed by atoms with Crippen molar-refractivity contribution in [2.75, 3.05) is 18.0 Å². The third kappa shape index (κ3) is 5.22. The van der Waals surface area contributed by atoms with Crippen LogP contribution in [0.5, 0.6) is 0 Å². The highest BCUT2D eigenvalue weighted by Gasteiger charge is 2.05. The quantitative estimate of drug-likeness (QED) is 0.444. The fraction of sp³-hybridized carbons (Fsp3) is 0.412. The number of hydrogen-bond donors (Lipinski definition) is 0. The molecule has 0 amide bonds. The zero-order chi connectivity index (χ0) is 13.2. The Bertz CT molecular complexity index is 353. The predicted molar refractivity (Wildman–Crippen MR) is 82.1 cm³/mol. The molecule has 0 aromatic heterocycles. The first-order chi connectivity index (χ1) is 8.77. The largest absolute Gasteiger partial charge is 0.364 e. The molecule has 0 unspecified atom stereocenters. The number of anilines is 1. The summed E-state index contributed by atoms with van der Waals surface area (Å²) >= 11 is 0. The van der Waals surface area contributed by atoms with Crippen molar-refractivity contribution in [1.29, 1.82) is 0 Å². The van der Waals surface area contributed by atoms with Crippen molar-refractivity contribution in [3.63, 3.8) is 0 Å². The van der Waals surface area contributed by atoms with Gasteiger partial charge < -0.3 is 4.90 Å². The summed E-state index contributed by atoms with van der Waals surface area (Å²) < 4.78 is 0. The van der Waals surface area contributed by atoms with Gasteiger partial charge in [-0.2, -0.15) is 0 Å². The van der Waals surface area contributed by atoms with Gasteiger partial charge in [-0.05, 0) is 25.0 Å². The van der Waals surface area contributed by atoms with E-state index in [1.54, 1.807) is 0 Å². The lowest BCUT2D eigenvalue weighted by molar-refractivity contribution is 0.702. The van der Waals surface area contributed by atoms with Crippen LogP contribution in [0, 0.1) is 0 Å². The van der Waals surface area contributed by atoms with Gasteiger partial charge in [0.25, 0.3) is 0 Å². The highest BCUT2D eigenvalue weighted by atomic mass is 15.1. The molecule has 0 aliphatic heterocycles. The average Bonchev–Trinajstić information content (AvgIpc) is 2.39. The zero-order valence-corrected chi connectivity index (χ0v) is 11.6. The van der Waals surface area contributed by atoms with Crippen LogP contribution in [0.25, 0.3) is 0 Å². The lowest BCUT2D eigenvalue weighted by Gasteiger charge is -2.24. The van der Waals surface area contributed by atoms with Gasteiger partial charge >= 0.3 is 0 Å².